The van der Waals surface area contributed by atoms with Crippen LogP contribution in [0, 0.1) is 5.92 Å². The molecule has 3 rings (SSSR count). The minimum Gasteiger partial charge on any atom is -0.481 e. The fraction of sp³-hybridized carbons (Fsp3) is 0.385. The van der Waals surface area contributed by atoms with Gasteiger partial charge in [0.2, 0.25) is 5.91 Å². The molecule has 0 bridgehead atoms. The predicted molar refractivity (Wildman–Crippen MR) is 67.5 cm³/mol. The van der Waals surface area contributed by atoms with Gasteiger partial charge >= 0.3 is 5.97 Å². The van der Waals surface area contributed by atoms with Gasteiger partial charge in [-0.25, -0.2) is 0 Å². The Kier molecular flexibility index (Phi) is 2.78. The third-order valence-electron chi connectivity index (χ3n) is 3.47. The Morgan fingerprint density at radius 2 is 2.00 bits per heavy atom. The monoisotopic (exact) mass is 263 g/mol. The van der Waals surface area contributed by atoms with Crippen LogP contribution in [0.1, 0.15) is 5.56 Å². The Morgan fingerprint density at radius 1 is 1.28 bits per heavy atom. The smallest absolute Gasteiger partial charge is 0.310 e. The molecule has 1 atom stereocenters. The van der Waals surface area contributed by atoms with Gasteiger partial charge in [0.05, 0.1) is 11.2 Å². The lowest BCUT2D eigenvalue weighted by molar-refractivity contribution is -0.152. The van der Waals surface area contributed by atoms with Crippen molar-refractivity contribution in [2.24, 2.45) is 5.92 Å². The van der Waals surface area contributed by atoms with Gasteiger partial charge in [0.15, 0.2) is 0 Å². The third kappa shape index (κ3) is 1.88. The summed E-state index contributed by atoms with van der Waals surface area (Å²) in [5, 5.41) is 8.72. The van der Waals surface area contributed by atoms with Crippen molar-refractivity contribution in [1.82, 2.24) is 4.90 Å². The molecular weight excluding hydrogens is 250 g/mol. The molecular formula is C13H13NO3S. The van der Waals surface area contributed by atoms with Crippen molar-refractivity contribution in [2.45, 2.75) is 16.6 Å². The van der Waals surface area contributed by atoms with E-state index < -0.39 is 5.97 Å². The number of amides is 1. The minimum atomic E-state index is -0.804. The van der Waals surface area contributed by atoms with Crippen molar-refractivity contribution in [2.75, 3.05) is 13.1 Å². The first-order valence-electron chi connectivity index (χ1n) is 5.91. The quantitative estimate of drug-likeness (QED) is 0.872. The van der Waals surface area contributed by atoms with Crippen LogP contribution in [0.2, 0.25) is 0 Å². The van der Waals surface area contributed by atoms with Crippen LogP contribution >= 0.6 is 11.8 Å². The molecule has 1 aromatic rings. The standard InChI is InChI=1S/C13H13NO3S/c15-12(14-6-9(7-14)13(16)17)11-5-8-3-1-2-4-10(8)18-11/h1-4,9,11H,5-7H2,(H,16,17). The second kappa shape index (κ2) is 4.31. The van der Waals surface area contributed by atoms with Crippen LogP contribution in [0.3, 0.4) is 0 Å². The summed E-state index contributed by atoms with van der Waals surface area (Å²) in [6.07, 6.45) is 0.758. The maximum absolute atomic E-state index is 12.2. The highest BCUT2D eigenvalue weighted by Gasteiger charge is 2.40. The van der Waals surface area contributed by atoms with E-state index in [0.717, 1.165) is 6.42 Å². The average Bonchev–Trinajstić information content (AvgIpc) is 2.69. The maximum Gasteiger partial charge on any atom is 0.310 e. The second-order valence-corrected chi connectivity index (χ2v) is 5.94. The highest BCUT2D eigenvalue weighted by Crippen LogP contribution is 2.38. The van der Waals surface area contributed by atoms with Crippen LogP contribution in [0.15, 0.2) is 29.2 Å². The van der Waals surface area contributed by atoms with E-state index in [4.69, 9.17) is 5.11 Å². The summed E-state index contributed by atoms with van der Waals surface area (Å²) >= 11 is 1.59. The molecule has 1 aromatic carbocycles. The Balaban J connectivity index is 1.62. The Bertz CT molecular complexity index is 486. The van der Waals surface area contributed by atoms with Crippen LogP contribution < -0.4 is 0 Å². The van der Waals surface area contributed by atoms with E-state index in [1.54, 1.807) is 16.7 Å². The summed E-state index contributed by atoms with van der Waals surface area (Å²) < 4.78 is 0. The number of aliphatic carboxylic acids is 1. The molecule has 1 amide bonds. The summed E-state index contributed by atoms with van der Waals surface area (Å²) in [6.45, 7) is 0.725. The summed E-state index contributed by atoms with van der Waals surface area (Å²) in [5.74, 6) is -1.10. The zero-order valence-corrected chi connectivity index (χ0v) is 10.5. The Labute approximate surface area is 109 Å². The van der Waals surface area contributed by atoms with E-state index in [-0.39, 0.29) is 17.1 Å². The molecule has 2 aliphatic rings. The fourth-order valence-electron chi connectivity index (χ4n) is 2.34. The highest BCUT2D eigenvalue weighted by molar-refractivity contribution is 8.01. The van der Waals surface area contributed by atoms with Crippen LogP contribution in [-0.4, -0.2) is 40.2 Å². The number of nitrogens with zero attached hydrogens (tertiary/aromatic N) is 1. The number of thioether (sulfide) groups is 1. The molecule has 0 aliphatic carbocycles. The van der Waals surface area contributed by atoms with E-state index in [1.807, 2.05) is 24.3 Å². The molecule has 0 aromatic heterocycles. The second-order valence-electron chi connectivity index (χ2n) is 4.70. The van der Waals surface area contributed by atoms with Gasteiger partial charge in [0.25, 0.3) is 0 Å². The average molecular weight is 263 g/mol. The SMILES string of the molecule is O=C(O)C1CN(C(=O)C2Cc3ccccc3S2)C1. The van der Waals surface area contributed by atoms with Crippen LogP contribution in [0.25, 0.3) is 0 Å². The highest BCUT2D eigenvalue weighted by atomic mass is 32.2. The third-order valence-corrected chi connectivity index (χ3v) is 4.77. The summed E-state index contributed by atoms with van der Waals surface area (Å²) in [5.41, 5.74) is 1.22. The van der Waals surface area contributed by atoms with Crippen LogP contribution in [0.5, 0.6) is 0 Å². The van der Waals surface area contributed by atoms with Crippen molar-refractivity contribution in [3.63, 3.8) is 0 Å². The number of hydrogen-bond acceptors (Lipinski definition) is 3. The van der Waals surface area contributed by atoms with Gasteiger partial charge in [-0.15, -0.1) is 11.8 Å². The first-order valence-corrected chi connectivity index (χ1v) is 6.79. The molecule has 94 valence electrons. The number of hydrogen-bond donors (Lipinski definition) is 1. The number of fused-ring (bicyclic) bond motifs is 1. The molecule has 0 saturated carbocycles. The fourth-order valence-corrected chi connectivity index (χ4v) is 3.62. The van der Waals surface area contributed by atoms with Gasteiger partial charge in [0, 0.05) is 18.0 Å². The molecule has 1 N–H and O–H groups in total. The van der Waals surface area contributed by atoms with Gasteiger partial charge in [-0.2, -0.15) is 0 Å². The minimum absolute atomic E-state index is 0.0721. The number of carbonyl (C=O) groups excluding carboxylic acids is 1. The van der Waals surface area contributed by atoms with E-state index in [0.29, 0.717) is 13.1 Å². The van der Waals surface area contributed by atoms with E-state index in [2.05, 4.69) is 0 Å². The molecule has 0 radical (unpaired) electrons. The topological polar surface area (TPSA) is 57.6 Å². The van der Waals surface area contributed by atoms with Crippen molar-refractivity contribution >= 4 is 23.6 Å². The summed E-state index contributed by atoms with van der Waals surface area (Å²) in [7, 11) is 0. The van der Waals surface area contributed by atoms with Crippen molar-refractivity contribution in [3.05, 3.63) is 29.8 Å². The van der Waals surface area contributed by atoms with Crippen molar-refractivity contribution < 1.29 is 14.7 Å². The summed E-state index contributed by atoms with van der Waals surface area (Å²) in [4.78, 5) is 25.7. The molecule has 4 nitrogen and oxygen atoms in total. The molecule has 1 unspecified atom stereocenters. The first kappa shape index (κ1) is 11.6. The lowest BCUT2D eigenvalue weighted by atomic mass is 9.99. The number of likely N-dealkylation sites (tertiary alicyclic amines) is 1. The maximum atomic E-state index is 12.2. The molecule has 1 saturated heterocycles. The number of carbonyl (C=O) groups is 2. The van der Waals surface area contributed by atoms with Crippen LogP contribution in [0.4, 0.5) is 0 Å². The normalized spacial score (nSPS) is 22.4. The molecule has 5 heteroatoms. The number of carboxylic acids is 1. The largest absolute Gasteiger partial charge is 0.481 e. The lowest BCUT2D eigenvalue weighted by Crippen LogP contribution is -2.55. The van der Waals surface area contributed by atoms with Gasteiger partial charge in [-0.1, -0.05) is 18.2 Å². The molecule has 18 heavy (non-hydrogen) atoms. The van der Waals surface area contributed by atoms with Crippen LogP contribution in [-0.2, 0) is 16.0 Å². The number of benzene rings is 1. The van der Waals surface area contributed by atoms with E-state index >= 15 is 0 Å². The molecule has 0 spiro atoms. The zero-order valence-electron chi connectivity index (χ0n) is 9.70. The zero-order chi connectivity index (χ0) is 12.7. The molecule has 2 heterocycles. The predicted octanol–water partition coefficient (Wildman–Crippen LogP) is 1.25. The summed E-state index contributed by atoms with van der Waals surface area (Å²) in [6, 6.07) is 8.04. The van der Waals surface area contributed by atoms with Gasteiger partial charge in [-0.05, 0) is 18.1 Å². The van der Waals surface area contributed by atoms with E-state index in [1.165, 1.54) is 10.5 Å². The Morgan fingerprint density at radius 3 is 2.67 bits per heavy atom. The van der Waals surface area contributed by atoms with Gasteiger partial charge < -0.3 is 10.0 Å². The van der Waals surface area contributed by atoms with Gasteiger partial charge in [-0.3, -0.25) is 9.59 Å². The first-order chi connectivity index (χ1) is 8.65. The number of rotatable bonds is 2. The van der Waals surface area contributed by atoms with E-state index in [9.17, 15) is 9.59 Å². The van der Waals surface area contributed by atoms with Crippen molar-refractivity contribution in [1.29, 1.82) is 0 Å². The van der Waals surface area contributed by atoms with Gasteiger partial charge in [0.1, 0.15) is 0 Å². The number of carboxylic acid groups (broad SMARTS) is 1. The lowest BCUT2D eigenvalue weighted by Gasteiger charge is -2.38. The molecule has 2 aliphatic heterocycles. The van der Waals surface area contributed by atoms with Crippen molar-refractivity contribution in [3.8, 4) is 0 Å². The Hall–Kier alpha value is -1.49. The molecule has 1 fully saturated rings.